The van der Waals surface area contributed by atoms with Gasteiger partial charge in [-0.25, -0.2) is 9.97 Å². The third-order valence-electron chi connectivity index (χ3n) is 2.64. The highest BCUT2D eigenvalue weighted by Gasteiger charge is 2.23. The van der Waals surface area contributed by atoms with Crippen LogP contribution in [0.1, 0.15) is 25.6 Å². The standard InChI is InChI=1S/C11H12ClN3S/c1-2-9-14-10(13-6-3-4-6)7-5-8(12)16-11(7)15-9/h5-6H,2-4H2,1H3,(H,13,14,15). The van der Waals surface area contributed by atoms with Crippen LogP contribution in [0.4, 0.5) is 5.82 Å². The lowest BCUT2D eigenvalue weighted by atomic mass is 10.3. The number of fused-ring (bicyclic) bond motifs is 1. The Labute approximate surface area is 103 Å². The van der Waals surface area contributed by atoms with Gasteiger partial charge in [0.1, 0.15) is 16.5 Å². The minimum Gasteiger partial charge on any atom is -0.367 e. The quantitative estimate of drug-likeness (QED) is 0.910. The van der Waals surface area contributed by atoms with Crippen molar-refractivity contribution < 1.29 is 0 Å². The van der Waals surface area contributed by atoms with Gasteiger partial charge in [0.2, 0.25) is 0 Å². The number of hydrogen-bond acceptors (Lipinski definition) is 4. The van der Waals surface area contributed by atoms with E-state index in [1.54, 1.807) is 0 Å². The molecule has 0 spiro atoms. The Bertz CT molecular complexity index is 533. The van der Waals surface area contributed by atoms with Gasteiger partial charge < -0.3 is 5.32 Å². The number of nitrogens with zero attached hydrogens (tertiary/aromatic N) is 2. The number of thiophene rings is 1. The van der Waals surface area contributed by atoms with Crippen LogP contribution in [0.2, 0.25) is 4.34 Å². The maximum atomic E-state index is 6.03. The second-order valence-electron chi connectivity index (χ2n) is 4.03. The van der Waals surface area contributed by atoms with Crippen LogP contribution in [-0.4, -0.2) is 16.0 Å². The number of aromatic nitrogens is 2. The van der Waals surface area contributed by atoms with Crippen molar-refractivity contribution in [1.29, 1.82) is 0 Å². The molecular weight excluding hydrogens is 242 g/mol. The molecule has 0 amide bonds. The smallest absolute Gasteiger partial charge is 0.138 e. The molecule has 1 aliphatic carbocycles. The highest BCUT2D eigenvalue weighted by molar-refractivity contribution is 7.22. The van der Waals surface area contributed by atoms with Crippen LogP contribution in [0.3, 0.4) is 0 Å². The van der Waals surface area contributed by atoms with Crippen molar-refractivity contribution in [3.63, 3.8) is 0 Å². The molecular formula is C11H12ClN3S. The van der Waals surface area contributed by atoms with E-state index < -0.39 is 0 Å². The Morgan fingerprint density at radius 1 is 1.50 bits per heavy atom. The minimum absolute atomic E-state index is 0.599. The van der Waals surface area contributed by atoms with Crippen LogP contribution in [0.15, 0.2) is 6.07 Å². The fourth-order valence-electron chi connectivity index (χ4n) is 1.63. The molecule has 1 aliphatic rings. The first-order valence-electron chi connectivity index (χ1n) is 5.48. The van der Waals surface area contributed by atoms with Crippen LogP contribution in [-0.2, 0) is 6.42 Å². The van der Waals surface area contributed by atoms with Crippen LogP contribution >= 0.6 is 22.9 Å². The average Bonchev–Trinajstić information content (AvgIpc) is 2.98. The minimum atomic E-state index is 0.599. The first-order valence-corrected chi connectivity index (χ1v) is 6.68. The summed E-state index contributed by atoms with van der Waals surface area (Å²) in [5.74, 6) is 1.83. The van der Waals surface area contributed by atoms with E-state index in [0.29, 0.717) is 6.04 Å². The van der Waals surface area contributed by atoms with E-state index in [0.717, 1.165) is 32.6 Å². The highest BCUT2D eigenvalue weighted by Crippen LogP contribution is 2.34. The molecule has 0 saturated heterocycles. The lowest BCUT2D eigenvalue weighted by molar-refractivity contribution is 0.956. The second kappa shape index (κ2) is 3.86. The lowest BCUT2D eigenvalue weighted by Crippen LogP contribution is -2.05. The topological polar surface area (TPSA) is 37.8 Å². The van der Waals surface area contributed by atoms with E-state index in [-0.39, 0.29) is 0 Å². The summed E-state index contributed by atoms with van der Waals surface area (Å²) in [5.41, 5.74) is 0. The molecule has 1 N–H and O–H groups in total. The van der Waals surface area contributed by atoms with Gasteiger partial charge in [0, 0.05) is 12.5 Å². The first-order chi connectivity index (χ1) is 7.76. The summed E-state index contributed by atoms with van der Waals surface area (Å²) in [4.78, 5) is 10.0. The van der Waals surface area contributed by atoms with E-state index in [2.05, 4.69) is 22.2 Å². The monoisotopic (exact) mass is 253 g/mol. The number of anilines is 1. The van der Waals surface area contributed by atoms with E-state index in [1.165, 1.54) is 24.2 Å². The molecule has 3 rings (SSSR count). The third-order valence-corrected chi connectivity index (χ3v) is 3.80. The van der Waals surface area contributed by atoms with Gasteiger partial charge in [-0.15, -0.1) is 11.3 Å². The van der Waals surface area contributed by atoms with Crippen LogP contribution in [0.25, 0.3) is 10.2 Å². The maximum Gasteiger partial charge on any atom is 0.138 e. The SMILES string of the molecule is CCc1nc(NC2CC2)c2cc(Cl)sc2n1. The first kappa shape index (κ1) is 10.3. The molecule has 5 heteroatoms. The predicted octanol–water partition coefficient (Wildman–Crippen LogP) is 3.48. The molecule has 0 radical (unpaired) electrons. The van der Waals surface area contributed by atoms with Crippen LogP contribution in [0, 0.1) is 0 Å². The van der Waals surface area contributed by atoms with Crippen molar-refractivity contribution in [2.24, 2.45) is 0 Å². The molecule has 2 aromatic heterocycles. The molecule has 1 saturated carbocycles. The van der Waals surface area contributed by atoms with Gasteiger partial charge in [0.25, 0.3) is 0 Å². The Morgan fingerprint density at radius 3 is 3.00 bits per heavy atom. The zero-order valence-corrected chi connectivity index (χ0v) is 10.5. The fraction of sp³-hybridized carbons (Fsp3) is 0.455. The highest BCUT2D eigenvalue weighted by atomic mass is 35.5. The molecule has 2 heterocycles. The van der Waals surface area contributed by atoms with Crippen molar-refractivity contribution >= 4 is 39.0 Å². The summed E-state index contributed by atoms with van der Waals surface area (Å²) in [6, 6.07) is 2.55. The van der Waals surface area contributed by atoms with Crippen LogP contribution < -0.4 is 5.32 Å². The van der Waals surface area contributed by atoms with Crippen molar-refractivity contribution in [1.82, 2.24) is 9.97 Å². The van der Waals surface area contributed by atoms with Gasteiger partial charge in [-0.1, -0.05) is 18.5 Å². The molecule has 0 bridgehead atoms. The average molecular weight is 254 g/mol. The zero-order chi connectivity index (χ0) is 11.1. The predicted molar refractivity (Wildman–Crippen MR) is 68.4 cm³/mol. The molecule has 2 aromatic rings. The number of nitrogens with one attached hydrogen (secondary N) is 1. The molecule has 3 nitrogen and oxygen atoms in total. The van der Waals surface area contributed by atoms with Gasteiger partial charge in [0.05, 0.1) is 9.72 Å². The van der Waals surface area contributed by atoms with Gasteiger partial charge in [-0.2, -0.15) is 0 Å². The Kier molecular flexibility index (Phi) is 2.48. The van der Waals surface area contributed by atoms with E-state index >= 15 is 0 Å². The summed E-state index contributed by atoms with van der Waals surface area (Å²) in [6.45, 7) is 2.07. The van der Waals surface area contributed by atoms with Gasteiger partial charge in [-0.3, -0.25) is 0 Å². The summed E-state index contributed by atoms with van der Waals surface area (Å²) >= 11 is 7.54. The van der Waals surface area contributed by atoms with Crippen molar-refractivity contribution in [3.05, 3.63) is 16.2 Å². The lowest BCUT2D eigenvalue weighted by Gasteiger charge is -2.06. The summed E-state index contributed by atoms with van der Waals surface area (Å²) in [7, 11) is 0. The second-order valence-corrected chi connectivity index (χ2v) is 5.69. The number of hydrogen-bond donors (Lipinski definition) is 1. The molecule has 84 valence electrons. The maximum absolute atomic E-state index is 6.03. The van der Waals surface area contributed by atoms with E-state index in [4.69, 9.17) is 11.6 Å². The number of aryl methyl sites for hydroxylation is 1. The fourth-order valence-corrected chi connectivity index (χ4v) is 2.73. The molecule has 0 unspecified atom stereocenters. The van der Waals surface area contributed by atoms with Crippen molar-refractivity contribution in [2.75, 3.05) is 5.32 Å². The van der Waals surface area contributed by atoms with E-state index in [9.17, 15) is 0 Å². The largest absolute Gasteiger partial charge is 0.367 e. The Hall–Kier alpha value is -0.870. The number of rotatable bonds is 3. The Balaban J connectivity index is 2.12. The van der Waals surface area contributed by atoms with Crippen LogP contribution in [0.5, 0.6) is 0 Å². The van der Waals surface area contributed by atoms with Crippen molar-refractivity contribution in [3.8, 4) is 0 Å². The van der Waals surface area contributed by atoms with Gasteiger partial charge in [0.15, 0.2) is 0 Å². The van der Waals surface area contributed by atoms with E-state index in [1.807, 2.05) is 6.07 Å². The molecule has 0 atom stereocenters. The molecule has 1 fully saturated rings. The summed E-state index contributed by atoms with van der Waals surface area (Å²) in [5, 5.41) is 4.50. The molecule has 0 aromatic carbocycles. The zero-order valence-electron chi connectivity index (χ0n) is 8.96. The molecule has 0 aliphatic heterocycles. The number of halogens is 1. The Morgan fingerprint density at radius 2 is 2.31 bits per heavy atom. The van der Waals surface area contributed by atoms with Gasteiger partial charge in [-0.05, 0) is 18.9 Å². The van der Waals surface area contributed by atoms with Crippen molar-refractivity contribution in [2.45, 2.75) is 32.2 Å². The summed E-state index contributed by atoms with van der Waals surface area (Å²) < 4.78 is 0.774. The van der Waals surface area contributed by atoms with Gasteiger partial charge >= 0.3 is 0 Å². The summed E-state index contributed by atoms with van der Waals surface area (Å²) in [6.07, 6.45) is 3.33. The third kappa shape index (κ3) is 1.87. The molecule has 16 heavy (non-hydrogen) atoms. The normalized spacial score (nSPS) is 15.6.